The third-order valence-electron chi connectivity index (χ3n) is 2.68. The van der Waals surface area contributed by atoms with Crippen LogP contribution in [-0.2, 0) is 4.79 Å². The van der Waals surface area contributed by atoms with Gasteiger partial charge in [-0.15, -0.1) is 0 Å². The highest BCUT2D eigenvalue weighted by Crippen LogP contribution is 2.17. The first-order chi connectivity index (χ1) is 9.15. The van der Waals surface area contributed by atoms with Gasteiger partial charge in [-0.05, 0) is 36.8 Å². The Morgan fingerprint density at radius 3 is 2.16 bits per heavy atom. The number of carbonyl (C=O) groups excluding carboxylic acids is 1. The first kappa shape index (κ1) is 13.0. The van der Waals surface area contributed by atoms with E-state index in [1.807, 2.05) is 61.5 Å². The Kier molecular flexibility index (Phi) is 4.08. The van der Waals surface area contributed by atoms with E-state index in [1.165, 1.54) is 6.92 Å². The third-order valence-corrected chi connectivity index (χ3v) is 2.68. The van der Waals surface area contributed by atoms with Crippen molar-refractivity contribution < 1.29 is 4.79 Å². The molecule has 96 valence electrons. The van der Waals surface area contributed by atoms with E-state index in [9.17, 15) is 4.79 Å². The van der Waals surface area contributed by atoms with Gasteiger partial charge in [0.25, 0.3) is 0 Å². The molecular formula is C16H16N2O. The molecule has 0 heterocycles. The molecule has 0 aliphatic carbocycles. The molecule has 0 saturated carbocycles. The van der Waals surface area contributed by atoms with Crippen molar-refractivity contribution in [3.63, 3.8) is 0 Å². The van der Waals surface area contributed by atoms with Crippen LogP contribution < -0.4 is 5.32 Å². The molecule has 0 bridgehead atoms. The molecule has 1 N–H and O–H groups in total. The van der Waals surface area contributed by atoms with Gasteiger partial charge in [-0.2, -0.15) is 0 Å². The average Bonchev–Trinajstić information content (AvgIpc) is 2.41. The number of amides is 1. The fourth-order valence-electron chi connectivity index (χ4n) is 1.76. The van der Waals surface area contributed by atoms with Gasteiger partial charge in [0.05, 0.1) is 5.69 Å². The summed E-state index contributed by atoms with van der Waals surface area (Å²) >= 11 is 0. The molecule has 2 aromatic rings. The van der Waals surface area contributed by atoms with E-state index in [4.69, 9.17) is 0 Å². The molecule has 19 heavy (non-hydrogen) atoms. The highest BCUT2D eigenvalue weighted by Gasteiger charge is 1.98. The van der Waals surface area contributed by atoms with Crippen LogP contribution in [0.1, 0.15) is 19.4 Å². The van der Waals surface area contributed by atoms with Crippen molar-refractivity contribution in [3.05, 3.63) is 60.2 Å². The van der Waals surface area contributed by atoms with Gasteiger partial charge in [-0.25, -0.2) is 0 Å². The molecule has 0 aliphatic heterocycles. The van der Waals surface area contributed by atoms with Crippen LogP contribution >= 0.6 is 0 Å². The molecule has 3 nitrogen and oxygen atoms in total. The Labute approximate surface area is 113 Å². The number of carbonyl (C=O) groups is 1. The van der Waals surface area contributed by atoms with Crippen molar-refractivity contribution in [3.8, 4) is 0 Å². The van der Waals surface area contributed by atoms with E-state index in [0.717, 1.165) is 22.6 Å². The maximum absolute atomic E-state index is 10.9. The van der Waals surface area contributed by atoms with Crippen LogP contribution in [0.5, 0.6) is 0 Å². The number of hydrogen-bond donors (Lipinski definition) is 1. The highest BCUT2D eigenvalue weighted by molar-refractivity contribution is 6.00. The fraction of sp³-hybridized carbons (Fsp3) is 0.125. The molecule has 0 saturated heterocycles. The van der Waals surface area contributed by atoms with E-state index >= 15 is 0 Å². The Morgan fingerprint density at radius 2 is 1.58 bits per heavy atom. The zero-order valence-electron chi connectivity index (χ0n) is 11.1. The number of rotatable bonds is 3. The normalized spacial score (nSPS) is 11.2. The number of hydrogen-bond acceptors (Lipinski definition) is 2. The van der Waals surface area contributed by atoms with Crippen LogP contribution in [0.4, 0.5) is 11.4 Å². The molecule has 0 atom stereocenters. The SMILES string of the molecule is CC(=O)Nc1ccc(N=C(C)c2ccccc2)cc1. The number of nitrogens with one attached hydrogen (secondary N) is 1. The highest BCUT2D eigenvalue weighted by atomic mass is 16.1. The standard InChI is InChI=1S/C16H16N2O/c1-12(14-6-4-3-5-7-14)17-15-8-10-16(11-9-15)18-13(2)19/h3-11H,1-2H3,(H,18,19). The summed E-state index contributed by atoms with van der Waals surface area (Å²) in [4.78, 5) is 15.5. The van der Waals surface area contributed by atoms with E-state index in [1.54, 1.807) is 0 Å². The molecule has 2 rings (SSSR count). The average molecular weight is 252 g/mol. The Morgan fingerprint density at radius 1 is 0.947 bits per heavy atom. The summed E-state index contributed by atoms with van der Waals surface area (Å²) < 4.78 is 0. The minimum atomic E-state index is -0.0725. The molecule has 3 heteroatoms. The van der Waals surface area contributed by atoms with Crippen molar-refractivity contribution in [2.24, 2.45) is 4.99 Å². The molecule has 1 amide bonds. The predicted molar refractivity (Wildman–Crippen MR) is 79.1 cm³/mol. The van der Waals surface area contributed by atoms with E-state index in [0.29, 0.717) is 0 Å². The molecule has 2 aromatic carbocycles. The zero-order valence-corrected chi connectivity index (χ0v) is 11.1. The van der Waals surface area contributed by atoms with Gasteiger partial charge in [0.1, 0.15) is 0 Å². The monoisotopic (exact) mass is 252 g/mol. The Bertz CT molecular complexity index is 586. The minimum absolute atomic E-state index is 0.0725. The first-order valence-corrected chi connectivity index (χ1v) is 6.13. The smallest absolute Gasteiger partial charge is 0.221 e. The second kappa shape index (κ2) is 5.96. The largest absolute Gasteiger partial charge is 0.326 e. The fourth-order valence-corrected chi connectivity index (χ4v) is 1.76. The van der Waals surface area contributed by atoms with Crippen molar-refractivity contribution in [1.29, 1.82) is 0 Å². The molecule has 0 radical (unpaired) electrons. The quantitative estimate of drug-likeness (QED) is 0.830. The lowest BCUT2D eigenvalue weighted by atomic mass is 10.1. The van der Waals surface area contributed by atoms with Crippen molar-refractivity contribution >= 4 is 23.0 Å². The summed E-state index contributed by atoms with van der Waals surface area (Å²) in [6, 6.07) is 17.5. The predicted octanol–water partition coefficient (Wildman–Crippen LogP) is 3.79. The van der Waals surface area contributed by atoms with Crippen LogP contribution in [0.2, 0.25) is 0 Å². The summed E-state index contributed by atoms with van der Waals surface area (Å²) in [5.74, 6) is -0.0725. The van der Waals surface area contributed by atoms with E-state index < -0.39 is 0 Å². The minimum Gasteiger partial charge on any atom is -0.326 e. The van der Waals surface area contributed by atoms with Crippen LogP contribution in [0.3, 0.4) is 0 Å². The third kappa shape index (κ3) is 3.78. The lowest BCUT2D eigenvalue weighted by molar-refractivity contribution is -0.114. The second-order valence-corrected chi connectivity index (χ2v) is 4.29. The van der Waals surface area contributed by atoms with Crippen molar-refractivity contribution in [2.75, 3.05) is 5.32 Å². The van der Waals surface area contributed by atoms with Crippen LogP contribution in [0, 0.1) is 0 Å². The van der Waals surface area contributed by atoms with Gasteiger partial charge in [-0.3, -0.25) is 9.79 Å². The van der Waals surface area contributed by atoms with Gasteiger partial charge < -0.3 is 5.32 Å². The van der Waals surface area contributed by atoms with Crippen LogP contribution in [-0.4, -0.2) is 11.6 Å². The van der Waals surface area contributed by atoms with Crippen molar-refractivity contribution in [1.82, 2.24) is 0 Å². The summed E-state index contributed by atoms with van der Waals surface area (Å²) in [5, 5.41) is 2.73. The molecule has 0 unspecified atom stereocenters. The summed E-state index contributed by atoms with van der Waals surface area (Å²) in [7, 11) is 0. The Hall–Kier alpha value is -2.42. The maximum atomic E-state index is 10.9. The van der Waals surface area contributed by atoms with Gasteiger partial charge >= 0.3 is 0 Å². The number of benzene rings is 2. The lowest BCUT2D eigenvalue weighted by Crippen LogP contribution is -2.05. The zero-order chi connectivity index (χ0) is 13.7. The molecule has 0 aliphatic rings. The molecule has 0 aromatic heterocycles. The number of aliphatic imine (C=N–C) groups is 1. The molecule has 0 spiro atoms. The van der Waals surface area contributed by atoms with Gasteiger partial charge in [-0.1, -0.05) is 30.3 Å². The Balaban J connectivity index is 2.17. The van der Waals surface area contributed by atoms with Crippen LogP contribution in [0.25, 0.3) is 0 Å². The summed E-state index contributed by atoms with van der Waals surface area (Å²) in [6.45, 7) is 3.47. The molecule has 0 fully saturated rings. The maximum Gasteiger partial charge on any atom is 0.221 e. The first-order valence-electron chi connectivity index (χ1n) is 6.13. The lowest BCUT2D eigenvalue weighted by Gasteiger charge is -2.03. The molecular weight excluding hydrogens is 236 g/mol. The van der Waals surface area contributed by atoms with E-state index in [-0.39, 0.29) is 5.91 Å². The number of nitrogens with zero attached hydrogens (tertiary/aromatic N) is 1. The van der Waals surface area contributed by atoms with Gasteiger partial charge in [0.2, 0.25) is 5.91 Å². The second-order valence-electron chi connectivity index (χ2n) is 4.29. The summed E-state index contributed by atoms with van der Waals surface area (Å²) in [5.41, 5.74) is 3.72. The van der Waals surface area contributed by atoms with Gasteiger partial charge in [0.15, 0.2) is 0 Å². The summed E-state index contributed by atoms with van der Waals surface area (Å²) in [6.07, 6.45) is 0. The van der Waals surface area contributed by atoms with Gasteiger partial charge in [0, 0.05) is 18.3 Å². The van der Waals surface area contributed by atoms with E-state index in [2.05, 4.69) is 10.3 Å². The van der Waals surface area contributed by atoms with Crippen molar-refractivity contribution in [2.45, 2.75) is 13.8 Å². The topological polar surface area (TPSA) is 41.5 Å². The van der Waals surface area contributed by atoms with Crippen LogP contribution in [0.15, 0.2) is 59.6 Å². The number of anilines is 1.